The van der Waals surface area contributed by atoms with E-state index in [2.05, 4.69) is 18.8 Å². The monoisotopic (exact) mass is 114 g/mol. The van der Waals surface area contributed by atoms with Crippen molar-refractivity contribution in [3.63, 3.8) is 0 Å². The van der Waals surface area contributed by atoms with Gasteiger partial charge >= 0.3 is 0 Å². The van der Waals surface area contributed by atoms with Crippen LogP contribution >= 0.6 is 0 Å². The maximum absolute atomic E-state index is 5.19. The molecule has 0 radical (unpaired) electrons. The standard InChI is InChI=1S/C6H14N2/c1-3-6(2)4-8-5-7/h3,6,8H,1,4-5,7H2,2H3. The first kappa shape index (κ1) is 7.66. The Hall–Kier alpha value is -0.340. The van der Waals surface area contributed by atoms with Crippen LogP contribution in [0.15, 0.2) is 12.7 Å². The molecular weight excluding hydrogens is 100 g/mol. The highest BCUT2D eigenvalue weighted by atomic mass is 14.9. The predicted octanol–water partition coefficient (Wildman–Crippen LogP) is 0.314. The molecule has 2 nitrogen and oxygen atoms in total. The number of hydrogen-bond donors (Lipinski definition) is 2. The Labute approximate surface area is 50.8 Å². The third-order valence-corrected chi connectivity index (χ3v) is 1.01. The minimum atomic E-state index is 0.526. The molecule has 48 valence electrons. The lowest BCUT2D eigenvalue weighted by atomic mass is 10.2. The summed E-state index contributed by atoms with van der Waals surface area (Å²) in [7, 11) is 0. The topological polar surface area (TPSA) is 38.0 Å². The van der Waals surface area contributed by atoms with Crippen LogP contribution in [0.2, 0.25) is 0 Å². The van der Waals surface area contributed by atoms with Crippen LogP contribution in [-0.4, -0.2) is 13.2 Å². The first-order chi connectivity index (χ1) is 3.81. The molecule has 0 amide bonds. The summed E-state index contributed by atoms with van der Waals surface area (Å²) < 4.78 is 0. The van der Waals surface area contributed by atoms with E-state index in [1.54, 1.807) is 0 Å². The van der Waals surface area contributed by atoms with Gasteiger partial charge in [-0.05, 0) is 5.92 Å². The van der Waals surface area contributed by atoms with Crippen molar-refractivity contribution in [2.24, 2.45) is 11.7 Å². The minimum Gasteiger partial charge on any atom is -0.318 e. The van der Waals surface area contributed by atoms with Gasteiger partial charge in [0.2, 0.25) is 0 Å². The van der Waals surface area contributed by atoms with Crippen LogP contribution in [0.3, 0.4) is 0 Å². The smallest absolute Gasteiger partial charge is 0.0428 e. The van der Waals surface area contributed by atoms with E-state index in [0.717, 1.165) is 6.54 Å². The van der Waals surface area contributed by atoms with Crippen molar-refractivity contribution in [1.82, 2.24) is 5.32 Å². The molecule has 1 unspecified atom stereocenters. The highest BCUT2D eigenvalue weighted by molar-refractivity contribution is 4.75. The fourth-order valence-electron chi connectivity index (χ4n) is 0.394. The Kier molecular flexibility index (Phi) is 4.61. The summed E-state index contributed by atoms with van der Waals surface area (Å²) in [4.78, 5) is 0. The van der Waals surface area contributed by atoms with Crippen LogP contribution in [-0.2, 0) is 0 Å². The molecule has 0 aliphatic heterocycles. The maximum Gasteiger partial charge on any atom is 0.0428 e. The van der Waals surface area contributed by atoms with Gasteiger partial charge in [0.05, 0.1) is 0 Å². The van der Waals surface area contributed by atoms with Gasteiger partial charge in [0.1, 0.15) is 0 Å². The van der Waals surface area contributed by atoms with Crippen LogP contribution in [0.4, 0.5) is 0 Å². The van der Waals surface area contributed by atoms with Gasteiger partial charge in [0.15, 0.2) is 0 Å². The zero-order valence-corrected chi connectivity index (χ0v) is 5.35. The Morgan fingerprint density at radius 2 is 2.50 bits per heavy atom. The average molecular weight is 114 g/mol. The summed E-state index contributed by atoms with van der Waals surface area (Å²) >= 11 is 0. The summed E-state index contributed by atoms with van der Waals surface area (Å²) in [6, 6.07) is 0. The van der Waals surface area contributed by atoms with Crippen LogP contribution in [0, 0.1) is 5.92 Å². The lowest BCUT2D eigenvalue weighted by Crippen LogP contribution is -2.26. The Morgan fingerprint density at radius 1 is 1.88 bits per heavy atom. The maximum atomic E-state index is 5.19. The molecule has 0 heterocycles. The summed E-state index contributed by atoms with van der Waals surface area (Å²) in [5, 5.41) is 3.01. The van der Waals surface area contributed by atoms with Gasteiger partial charge < -0.3 is 11.1 Å². The lowest BCUT2D eigenvalue weighted by Gasteiger charge is -2.03. The van der Waals surface area contributed by atoms with Gasteiger partial charge in [-0.15, -0.1) is 6.58 Å². The van der Waals surface area contributed by atoms with Gasteiger partial charge in [-0.25, -0.2) is 0 Å². The first-order valence-corrected chi connectivity index (χ1v) is 2.84. The lowest BCUT2D eigenvalue weighted by molar-refractivity contribution is 0.604. The molecule has 0 saturated heterocycles. The average Bonchev–Trinajstić information content (AvgIpc) is 1.83. The zero-order valence-electron chi connectivity index (χ0n) is 5.35. The molecule has 0 saturated carbocycles. The SMILES string of the molecule is C=CC(C)CNCN. The van der Waals surface area contributed by atoms with Gasteiger partial charge in [-0.1, -0.05) is 13.0 Å². The molecule has 0 aromatic rings. The molecule has 0 aromatic heterocycles. The van der Waals surface area contributed by atoms with E-state index in [9.17, 15) is 0 Å². The molecule has 3 N–H and O–H groups in total. The van der Waals surface area contributed by atoms with Crippen LogP contribution in [0.5, 0.6) is 0 Å². The molecule has 0 aliphatic rings. The van der Waals surface area contributed by atoms with E-state index in [1.807, 2.05) is 6.08 Å². The van der Waals surface area contributed by atoms with E-state index < -0.39 is 0 Å². The summed E-state index contributed by atoms with van der Waals surface area (Å²) in [6.07, 6.45) is 1.91. The third kappa shape index (κ3) is 3.84. The normalized spacial score (nSPS) is 13.2. The second kappa shape index (κ2) is 4.81. The van der Waals surface area contributed by atoms with Crippen molar-refractivity contribution in [3.8, 4) is 0 Å². The number of nitrogens with one attached hydrogen (secondary N) is 1. The van der Waals surface area contributed by atoms with E-state index in [0.29, 0.717) is 12.6 Å². The highest BCUT2D eigenvalue weighted by Gasteiger charge is 1.90. The largest absolute Gasteiger partial charge is 0.318 e. The van der Waals surface area contributed by atoms with Crippen molar-refractivity contribution < 1.29 is 0 Å². The van der Waals surface area contributed by atoms with Crippen molar-refractivity contribution >= 4 is 0 Å². The molecule has 0 bridgehead atoms. The fraction of sp³-hybridized carbons (Fsp3) is 0.667. The quantitative estimate of drug-likeness (QED) is 0.408. The Morgan fingerprint density at radius 3 is 2.88 bits per heavy atom. The van der Waals surface area contributed by atoms with Gasteiger partial charge in [0.25, 0.3) is 0 Å². The van der Waals surface area contributed by atoms with E-state index in [-0.39, 0.29) is 0 Å². The third-order valence-electron chi connectivity index (χ3n) is 1.01. The summed E-state index contributed by atoms with van der Waals surface area (Å²) in [5.41, 5.74) is 5.19. The minimum absolute atomic E-state index is 0.526. The second-order valence-corrected chi connectivity index (χ2v) is 1.87. The number of hydrogen-bond acceptors (Lipinski definition) is 2. The summed E-state index contributed by atoms with van der Waals surface area (Å²) in [6.45, 7) is 7.21. The van der Waals surface area contributed by atoms with Crippen molar-refractivity contribution in [2.45, 2.75) is 6.92 Å². The van der Waals surface area contributed by atoms with Crippen molar-refractivity contribution in [1.29, 1.82) is 0 Å². The van der Waals surface area contributed by atoms with Gasteiger partial charge in [0, 0.05) is 13.2 Å². The first-order valence-electron chi connectivity index (χ1n) is 2.84. The molecule has 2 heteroatoms. The molecule has 0 aromatic carbocycles. The number of rotatable bonds is 4. The molecular formula is C6H14N2. The van der Waals surface area contributed by atoms with Crippen molar-refractivity contribution in [3.05, 3.63) is 12.7 Å². The predicted molar refractivity (Wildman–Crippen MR) is 36.4 cm³/mol. The van der Waals surface area contributed by atoms with Gasteiger partial charge in [-0.2, -0.15) is 0 Å². The van der Waals surface area contributed by atoms with Crippen LogP contribution < -0.4 is 11.1 Å². The molecule has 1 atom stereocenters. The Balaban J connectivity index is 2.98. The molecule has 0 spiro atoms. The molecule has 8 heavy (non-hydrogen) atoms. The number of nitrogens with two attached hydrogens (primary N) is 1. The van der Waals surface area contributed by atoms with Crippen LogP contribution in [0.25, 0.3) is 0 Å². The van der Waals surface area contributed by atoms with Crippen molar-refractivity contribution in [2.75, 3.05) is 13.2 Å². The fourth-order valence-corrected chi connectivity index (χ4v) is 0.394. The van der Waals surface area contributed by atoms with Gasteiger partial charge in [-0.3, -0.25) is 0 Å². The molecule has 0 rings (SSSR count). The van der Waals surface area contributed by atoms with Crippen LogP contribution in [0.1, 0.15) is 6.92 Å². The van der Waals surface area contributed by atoms with E-state index in [4.69, 9.17) is 5.73 Å². The molecule has 0 fully saturated rings. The summed E-state index contributed by atoms with van der Waals surface area (Å²) in [5.74, 6) is 0.526. The zero-order chi connectivity index (χ0) is 6.41. The molecule has 0 aliphatic carbocycles. The Bertz CT molecular complexity index is 61.5. The van der Waals surface area contributed by atoms with E-state index in [1.165, 1.54) is 0 Å². The highest BCUT2D eigenvalue weighted by Crippen LogP contribution is 1.89. The van der Waals surface area contributed by atoms with E-state index >= 15 is 0 Å². The second-order valence-electron chi connectivity index (χ2n) is 1.87.